The summed E-state index contributed by atoms with van der Waals surface area (Å²) < 4.78 is 51.7. The SMILES string of the molecule is CC(=O)O[C@H]1O[C@H]([C@H](C)OC(C)=O)[C@H](O[C@H]2O[C@H](C)[C@@H](OC(C)=O)[C@H](OC(C)=O)[C@@H]2OC(C)=O)[C@H]1OCc1ccccc1. The zero-order valence-corrected chi connectivity index (χ0v) is 25.1. The molecule has 0 radical (unpaired) electrons. The number of benzene rings is 1. The molecule has 2 heterocycles. The van der Waals surface area contributed by atoms with Crippen molar-refractivity contribution in [1.82, 2.24) is 0 Å². The number of ether oxygens (including phenoxy) is 9. The Labute approximate surface area is 249 Å². The van der Waals surface area contributed by atoms with Crippen LogP contribution in [0.2, 0.25) is 0 Å². The highest BCUT2D eigenvalue weighted by Crippen LogP contribution is 2.36. The summed E-state index contributed by atoms with van der Waals surface area (Å²) in [7, 11) is 0. The average molecular weight is 611 g/mol. The largest absolute Gasteiger partial charge is 0.460 e. The van der Waals surface area contributed by atoms with Gasteiger partial charge in [-0.15, -0.1) is 0 Å². The van der Waals surface area contributed by atoms with Crippen molar-refractivity contribution in [2.45, 2.75) is 116 Å². The van der Waals surface area contributed by atoms with Gasteiger partial charge in [-0.2, -0.15) is 0 Å². The van der Waals surface area contributed by atoms with E-state index in [1.54, 1.807) is 13.8 Å². The third-order valence-corrected chi connectivity index (χ3v) is 6.51. The van der Waals surface area contributed by atoms with Crippen molar-refractivity contribution < 1.29 is 66.6 Å². The van der Waals surface area contributed by atoms with Crippen LogP contribution < -0.4 is 0 Å². The Balaban J connectivity index is 2.02. The van der Waals surface area contributed by atoms with Gasteiger partial charge in [0.25, 0.3) is 0 Å². The summed E-state index contributed by atoms with van der Waals surface area (Å²) in [6.07, 6.45) is -11.8. The lowest BCUT2D eigenvalue weighted by Crippen LogP contribution is -2.62. The third-order valence-electron chi connectivity index (χ3n) is 6.51. The topological polar surface area (TPSA) is 168 Å². The molecule has 43 heavy (non-hydrogen) atoms. The molecule has 0 bridgehead atoms. The van der Waals surface area contributed by atoms with E-state index in [1.165, 1.54) is 20.8 Å². The van der Waals surface area contributed by atoms with Gasteiger partial charge >= 0.3 is 29.8 Å². The Kier molecular flexibility index (Phi) is 12.0. The first-order valence-corrected chi connectivity index (χ1v) is 13.7. The molecule has 2 fully saturated rings. The third kappa shape index (κ3) is 9.45. The van der Waals surface area contributed by atoms with Crippen molar-refractivity contribution in [2.75, 3.05) is 0 Å². The van der Waals surface area contributed by atoms with Crippen LogP contribution in [0.4, 0.5) is 0 Å². The summed E-state index contributed by atoms with van der Waals surface area (Å²) >= 11 is 0. The van der Waals surface area contributed by atoms with Gasteiger partial charge in [0.1, 0.15) is 24.4 Å². The van der Waals surface area contributed by atoms with Crippen LogP contribution in [0.1, 0.15) is 54.0 Å². The zero-order valence-electron chi connectivity index (χ0n) is 25.1. The average Bonchev–Trinajstić information content (AvgIpc) is 3.22. The molecule has 1 aromatic rings. The molecule has 0 unspecified atom stereocenters. The number of rotatable bonds is 11. The van der Waals surface area contributed by atoms with Crippen LogP contribution in [0.5, 0.6) is 0 Å². The Hall–Kier alpha value is -3.59. The minimum atomic E-state index is -1.44. The number of hydrogen-bond donors (Lipinski definition) is 0. The number of hydrogen-bond acceptors (Lipinski definition) is 14. The standard InChI is InChI=1S/C29H38O14/c1-14(36-16(3)30)23-24(26(28(42-23)41-20(7)34)35-13-21-11-9-8-10-12-21)43-29-27(40-19(6)33)25(39-18(5)32)22(15(2)37-29)38-17(4)31/h8-12,14-15,22-29H,13H2,1-7H3/t14-,15+,22+,23+,24-,25-,26+,27-,28-,29+/m0/s1. The van der Waals surface area contributed by atoms with Crippen molar-refractivity contribution in [2.24, 2.45) is 0 Å². The minimum absolute atomic E-state index is 0.0566. The van der Waals surface area contributed by atoms with Gasteiger partial charge in [-0.25, -0.2) is 0 Å². The smallest absolute Gasteiger partial charge is 0.305 e. The minimum Gasteiger partial charge on any atom is -0.460 e. The summed E-state index contributed by atoms with van der Waals surface area (Å²) in [5.74, 6) is -3.46. The van der Waals surface area contributed by atoms with Crippen LogP contribution in [0.3, 0.4) is 0 Å². The van der Waals surface area contributed by atoms with E-state index in [0.717, 1.165) is 19.4 Å². The highest BCUT2D eigenvalue weighted by atomic mass is 16.8. The van der Waals surface area contributed by atoms with E-state index in [-0.39, 0.29) is 6.61 Å². The molecular weight excluding hydrogens is 572 g/mol. The van der Waals surface area contributed by atoms with Crippen molar-refractivity contribution in [3.63, 3.8) is 0 Å². The lowest BCUT2D eigenvalue weighted by Gasteiger charge is -2.44. The molecule has 14 nitrogen and oxygen atoms in total. The first kappa shape index (κ1) is 33.9. The maximum absolute atomic E-state index is 12.2. The summed E-state index contributed by atoms with van der Waals surface area (Å²) in [6, 6.07) is 9.14. The highest BCUT2D eigenvalue weighted by molar-refractivity contribution is 5.68. The van der Waals surface area contributed by atoms with E-state index in [4.69, 9.17) is 42.6 Å². The fourth-order valence-corrected chi connectivity index (χ4v) is 4.95. The predicted octanol–water partition coefficient (Wildman–Crippen LogP) is 1.74. The molecule has 0 N–H and O–H groups in total. The summed E-state index contributed by atoms with van der Waals surface area (Å²) in [4.78, 5) is 60.0. The van der Waals surface area contributed by atoms with Gasteiger partial charge in [-0.05, 0) is 19.4 Å². The zero-order chi connectivity index (χ0) is 31.8. The second-order valence-electron chi connectivity index (χ2n) is 10.2. The maximum atomic E-state index is 12.2. The van der Waals surface area contributed by atoms with Crippen molar-refractivity contribution >= 4 is 29.8 Å². The molecule has 10 atom stereocenters. The molecule has 14 heteroatoms. The maximum Gasteiger partial charge on any atom is 0.305 e. The first-order valence-electron chi connectivity index (χ1n) is 13.7. The Bertz CT molecular complexity index is 1140. The van der Waals surface area contributed by atoms with Crippen LogP contribution in [0.15, 0.2) is 30.3 Å². The van der Waals surface area contributed by atoms with Crippen LogP contribution in [0.25, 0.3) is 0 Å². The second-order valence-corrected chi connectivity index (χ2v) is 10.2. The molecule has 2 aliphatic rings. The molecule has 0 aromatic heterocycles. The van der Waals surface area contributed by atoms with E-state index < -0.39 is 91.3 Å². The molecule has 238 valence electrons. The van der Waals surface area contributed by atoms with Gasteiger partial charge in [0, 0.05) is 34.6 Å². The van der Waals surface area contributed by atoms with Gasteiger partial charge in [0.2, 0.25) is 6.29 Å². The van der Waals surface area contributed by atoms with Gasteiger partial charge in [-0.3, -0.25) is 24.0 Å². The number of carbonyl (C=O) groups is 5. The van der Waals surface area contributed by atoms with Crippen molar-refractivity contribution in [1.29, 1.82) is 0 Å². The van der Waals surface area contributed by atoms with E-state index in [2.05, 4.69) is 0 Å². The molecule has 0 amide bonds. The van der Waals surface area contributed by atoms with E-state index in [9.17, 15) is 24.0 Å². The summed E-state index contributed by atoms with van der Waals surface area (Å²) in [5, 5.41) is 0. The number of carbonyl (C=O) groups excluding carboxylic acids is 5. The molecule has 0 saturated carbocycles. The van der Waals surface area contributed by atoms with Crippen LogP contribution in [-0.4, -0.2) is 91.3 Å². The van der Waals surface area contributed by atoms with E-state index in [0.29, 0.717) is 0 Å². The summed E-state index contributed by atoms with van der Waals surface area (Å²) in [5.41, 5.74) is 0.791. The second kappa shape index (κ2) is 15.2. The first-order chi connectivity index (χ1) is 20.3. The van der Waals surface area contributed by atoms with Crippen molar-refractivity contribution in [3.05, 3.63) is 35.9 Å². The Morgan fingerprint density at radius 2 is 1.23 bits per heavy atom. The highest BCUT2D eigenvalue weighted by Gasteiger charge is 2.56. The fraction of sp³-hybridized carbons (Fsp3) is 0.621. The van der Waals surface area contributed by atoms with Crippen LogP contribution in [0, 0.1) is 0 Å². The Morgan fingerprint density at radius 3 is 1.79 bits per heavy atom. The molecule has 1 aromatic carbocycles. The molecular formula is C29H38O14. The number of esters is 5. The van der Waals surface area contributed by atoms with Crippen LogP contribution >= 0.6 is 0 Å². The van der Waals surface area contributed by atoms with Gasteiger partial charge < -0.3 is 42.6 Å². The molecule has 2 aliphatic heterocycles. The van der Waals surface area contributed by atoms with Crippen LogP contribution in [-0.2, 0) is 73.2 Å². The van der Waals surface area contributed by atoms with Gasteiger partial charge in [-0.1, -0.05) is 30.3 Å². The lowest BCUT2D eigenvalue weighted by atomic mass is 9.98. The lowest BCUT2D eigenvalue weighted by molar-refractivity contribution is -0.318. The van der Waals surface area contributed by atoms with Gasteiger partial charge in [0.05, 0.1) is 12.7 Å². The molecule has 3 rings (SSSR count). The molecule has 0 spiro atoms. The summed E-state index contributed by atoms with van der Waals surface area (Å²) in [6.45, 7) is 9.02. The monoisotopic (exact) mass is 610 g/mol. The van der Waals surface area contributed by atoms with E-state index in [1.807, 2.05) is 30.3 Å². The normalized spacial score (nSPS) is 30.9. The van der Waals surface area contributed by atoms with Crippen molar-refractivity contribution in [3.8, 4) is 0 Å². The Morgan fingerprint density at radius 1 is 0.674 bits per heavy atom. The predicted molar refractivity (Wildman–Crippen MR) is 143 cm³/mol. The molecule has 2 saturated heterocycles. The fourth-order valence-electron chi connectivity index (χ4n) is 4.95. The van der Waals surface area contributed by atoms with E-state index >= 15 is 0 Å². The molecule has 0 aliphatic carbocycles. The van der Waals surface area contributed by atoms with Gasteiger partial charge in [0.15, 0.2) is 24.6 Å². The quantitative estimate of drug-likeness (QED) is 0.262.